The highest BCUT2D eigenvalue weighted by molar-refractivity contribution is 7.89. The molecule has 0 unspecified atom stereocenters. The monoisotopic (exact) mass is 504 g/mol. The predicted octanol–water partition coefficient (Wildman–Crippen LogP) is 0.729. The third-order valence-electron chi connectivity index (χ3n) is 6.28. The van der Waals surface area contributed by atoms with Crippen molar-refractivity contribution in [1.29, 1.82) is 0 Å². The molecule has 0 atom stereocenters. The van der Waals surface area contributed by atoms with Crippen LogP contribution < -0.4 is 16.0 Å². The van der Waals surface area contributed by atoms with Gasteiger partial charge in [0.1, 0.15) is 5.56 Å². The van der Waals surface area contributed by atoms with Crippen molar-refractivity contribution in [2.75, 3.05) is 55.3 Å². The summed E-state index contributed by atoms with van der Waals surface area (Å²) in [7, 11) is -3.39. The van der Waals surface area contributed by atoms with E-state index >= 15 is 0 Å². The normalized spacial score (nSPS) is 18.1. The lowest BCUT2D eigenvalue weighted by atomic mass is 10.1. The first-order valence-corrected chi connectivity index (χ1v) is 12.7. The van der Waals surface area contributed by atoms with Gasteiger partial charge in [-0.1, -0.05) is 0 Å². The Kier molecular flexibility index (Phi) is 6.25. The number of nitrogen functional groups attached to an aromatic ring is 1. The fourth-order valence-corrected chi connectivity index (χ4v) is 6.38. The summed E-state index contributed by atoms with van der Waals surface area (Å²) >= 11 is 0. The van der Waals surface area contributed by atoms with Crippen molar-refractivity contribution in [2.45, 2.75) is 18.1 Å². The minimum absolute atomic E-state index is 0.0233. The molecule has 0 bridgehead atoms. The summed E-state index contributed by atoms with van der Waals surface area (Å²) in [6.45, 7) is 2.61. The Hall–Kier alpha value is -3.36. The number of nitrogens with zero attached hydrogens (tertiary/aromatic N) is 6. The molecule has 12 nitrogen and oxygen atoms in total. The Morgan fingerprint density at radius 1 is 1.17 bits per heavy atom. The van der Waals surface area contributed by atoms with Crippen molar-refractivity contribution in [1.82, 2.24) is 23.9 Å². The summed E-state index contributed by atoms with van der Waals surface area (Å²) in [6, 6.07) is 1.76. The van der Waals surface area contributed by atoms with Crippen LogP contribution in [0.15, 0.2) is 30.9 Å². The number of aromatic nitrogens is 4. The maximum absolute atomic E-state index is 13.5. The molecule has 1 amide bonds. The molecule has 0 radical (unpaired) electrons. The highest BCUT2D eigenvalue weighted by atomic mass is 32.2. The first-order chi connectivity index (χ1) is 16.8. The Bertz CT molecular complexity index is 1350. The Labute approximate surface area is 200 Å². The van der Waals surface area contributed by atoms with Crippen LogP contribution in [0, 0.1) is 5.82 Å². The number of carbonyl (C=O) groups is 1. The number of hydrogen-bond acceptors (Lipinski definition) is 9. The maximum atomic E-state index is 13.5. The number of ether oxygens (including phenoxy) is 1. The fraction of sp³-hybridized carbons (Fsp3) is 0.429. The molecule has 35 heavy (non-hydrogen) atoms. The number of morpholine rings is 1. The van der Waals surface area contributed by atoms with E-state index in [1.165, 1.54) is 10.5 Å². The van der Waals surface area contributed by atoms with Crippen molar-refractivity contribution in [3.8, 4) is 0 Å². The summed E-state index contributed by atoms with van der Waals surface area (Å²) in [5.74, 6) is -1.25. The van der Waals surface area contributed by atoms with E-state index in [0.717, 1.165) is 16.9 Å². The highest BCUT2D eigenvalue weighted by Gasteiger charge is 2.36. The van der Waals surface area contributed by atoms with Crippen LogP contribution in [0.3, 0.4) is 0 Å². The second-order valence-corrected chi connectivity index (χ2v) is 10.6. The lowest BCUT2D eigenvalue weighted by Gasteiger charge is -2.37. The van der Waals surface area contributed by atoms with Crippen LogP contribution in [-0.4, -0.2) is 82.9 Å². The molecule has 2 fully saturated rings. The van der Waals surface area contributed by atoms with Gasteiger partial charge in [-0.2, -0.15) is 4.31 Å². The number of nitrogens with one attached hydrogen (secondary N) is 1. The molecule has 0 saturated carbocycles. The summed E-state index contributed by atoms with van der Waals surface area (Å²) in [6.07, 6.45) is 6.12. The summed E-state index contributed by atoms with van der Waals surface area (Å²) in [4.78, 5) is 23.1. The number of anilines is 3. The minimum Gasteiger partial charge on any atom is -0.381 e. The van der Waals surface area contributed by atoms with Crippen molar-refractivity contribution in [2.24, 2.45) is 0 Å². The van der Waals surface area contributed by atoms with Gasteiger partial charge in [-0.15, -0.1) is 5.10 Å². The third kappa shape index (κ3) is 4.51. The highest BCUT2D eigenvalue weighted by Crippen LogP contribution is 2.31. The SMILES string of the molecule is Nc1nn2cc(F)cnc2c1C(=O)Nc1cnccc1N1CCC(S(=O)(=O)N2CCOCC2)CC1. The number of carbonyl (C=O) groups excluding carboxylic acids is 1. The number of fused-ring (bicyclic) bond motifs is 1. The molecule has 0 aromatic carbocycles. The van der Waals surface area contributed by atoms with E-state index in [9.17, 15) is 17.6 Å². The van der Waals surface area contributed by atoms with Crippen LogP contribution in [0.1, 0.15) is 23.2 Å². The van der Waals surface area contributed by atoms with Gasteiger partial charge in [0.05, 0.1) is 48.4 Å². The first kappa shape index (κ1) is 23.4. The van der Waals surface area contributed by atoms with E-state index in [4.69, 9.17) is 10.5 Å². The van der Waals surface area contributed by atoms with Crippen LogP contribution in [0.5, 0.6) is 0 Å². The van der Waals surface area contributed by atoms with Gasteiger partial charge >= 0.3 is 0 Å². The smallest absolute Gasteiger partial charge is 0.263 e. The number of rotatable bonds is 5. The molecular weight excluding hydrogens is 479 g/mol. The Morgan fingerprint density at radius 2 is 1.91 bits per heavy atom. The van der Waals surface area contributed by atoms with Gasteiger partial charge in [-0.05, 0) is 18.9 Å². The van der Waals surface area contributed by atoms with Gasteiger partial charge in [-0.3, -0.25) is 9.78 Å². The Balaban J connectivity index is 1.32. The molecular formula is C21H25FN8O4S. The van der Waals surface area contributed by atoms with E-state index in [1.54, 1.807) is 12.3 Å². The van der Waals surface area contributed by atoms with Crippen molar-refractivity contribution in [3.05, 3.63) is 42.2 Å². The van der Waals surface area contributed by atoms with E-state index in [0.29, 0.717) is 63.6 Å². The molecule has 14 heteroatoms. The quantitative estimate of drug-likeness (QED) is 0.513. The largest absolute Gasteiger partial charge is 0.381 e. The molecule has 0 aliphatic carbocycles. The van der Waals surface area contributed by atoms with E-state index in [-0.39, 0.29) is 17.0 Å². The maximum Gasteiger partial charge on any atom is 0.263 e. The van der Waals surface area contributed by atoms with Crippen LogP contribution in [-0.2, 0) is 14.8 Å². The van der Waals surface area contributed by atoms with E-state index < -0.39 is 27.0 Å². The van der Waals surface area contributed by atoms with Gasteiger partial charge in [-0.25, -0.2) is 22.3 Å². The van der Waals surface area contributed by atoms with Crippen molar-refractivity contribution >= 4 is 38.8 Å². The second-order valence-electron chi connectivity index (χ2n) is 8.39. The van der Waals surface area contributed by atoms with E-state index in [2.05, 4.69) is 20.4 Å². The summed E-state index contributed by atoms with van der Waals surface area (Å²) in [5.41, 5.74) is 7.21. The summed E-state index contributed by atoms with van der Waals surface area (Å²) in [5, 5.41) is 6.30. The number of nitrogens with two attached hydrogens (primary N) is 1. The van der Waals surface area contributed by atoms with Crippen LogP contribution in [0.2, 0.25) is 0 Å². The van der Waals surface area contributed by atoms with Gasteiger partial charge in [0, 0.05) is 32.4 Å². The standard InChI is InChI=1S/C21H25FN8O4S/c22-14-11-25-20-18(19(23)27-30(20)13-14)21(31)26-16-12-24-4-1-17(16)28-5-2-15(3-6-28)35(32,33)29-7-9-34-10-8-29/h1,4,11-13,15H,2-3,5-10H2,(H2,23,27)(H,26,31). The average Bonchev–Trinajstić information content (AvgIpc) is 3.19. The van der Waals surface area contributed by atoms with Gasteiger partial charge in [0.15, 0.2) is 17.3 Å². The molecule has 3 aromatic rings. The zero-order chi connectivity index (χ0) is 24.6. The van der Waals surface area contributed by atoms with Crippen LogP contribution >= 0.6 is 0 Å². The molecule has 2 saturated heterocycles. The number of amides is 1. The zero-order valence-electron chi connectivity index (χ0n) is 18.8. The van der Waals surface area contributed by atoms with Gasteiger partial charge in [0.2, 0.25) is 10.0 Å². The lowest BCUT2D eigenvalue weighted by Crippen LogP contribution is -2.48. The lowest BCUT2D eigenvalue weighted by molar-refractivity contribution is 0.0724. The predicted molar refractivity (Wildman–Crippen MR) is 126 cm³/mol. The third-order valence-corrected chi connectivity index (χ3v) is 8.67. The van der Waals surface area contributed by atoms with E-state index in [1.807, 2.05) is 4.90 Å². The number of pyridine rings is 1. The van der Waals surface area contributed by atoms with Crippen LogP contribution in [0.25, 0.3) is 5.65 Å². The molecule has 2 aliphatic rings. The molecule has 3 N–H and O–H groups in total. The van der Waals surface area contributed by atoms with Gasteiger partial charge in [0.25, 0.3) is 5.91 Å². The molecule has 3 aromatic heterocycles. The average molecular weight is 505 g/mol. The second kappa shape index (κ2) is 9.36. The molecule has 5 heterocycles. The fourth-order valence-electron chi connectivity index (χ4n) is 4.50. The molecule has 2 aliphatic heterocycles. The summed E-state index contributed by atoms with van der Waals surface area (Å²) < 4.78 is 47.4. The minimum atomic E-state index is -3.39. The first-order valence-electron chi connectivity index (χ1n) is 11.2. The van der Waals surface area contributed by atoms with Crippen LogP contribution in [0.4, 0.5) is 21.6 Å². The van der Waals surface area contributed by atoms with Crippen molar-refractivity contribution < 1.29 is 22.3 Å². The van der Waals surface area contributed by atoms with Crippen molar-refractivity contribution in [3.63, 3.8) is 0 Å². The topological polar surface area (TPSA) is 148 Å². The number of hydrogen-bond donors (Lipinski definition) is 2. The zero-order valence-corrected chi connectivity index (χ0v) is 19.6. The number of halogens is 1. The van der Waals surface area contributed by atoms with Gasteiger partial charge < -0.3 is 20.7 Å². The number of piperidine rings is 1. The Morgan fingerprint density at radius 3 is 2.66 bits per heavy atom. The molecule has 186 valence electrons. The molecule has 5 rings (SSSR count). The number of sulfonamides is 1. The molecule has 0 spiro atoms.